The van der Waals surface area contributed by atoms with E-state index < -0.39 is 0 Å². The molecule has 0 saturated heterocycles. The monoisotopic (exact) mass is 249 g/mol. The zero-order chi connectivity index (χ0) is 13.0. The summed E-state index contributed by atoms with van der Waals surface area (Å²) in [5.74, 6) is 0.299. The van der Waals surface area contributed by atoms with Crippen LogP contribution in [0.25, 0.3) is 0 Å². The molecule has 18 heavy (non-hydrogen) atoms. The van der Waals surface area contributed by atoms with Crippen LogP contribution in [0.4, 0.5) is 22.0 Å². The lowest BCUT2D eigenvalue weighted by atomic mass is 10.3. The Labute approximate surface area is 103 Å². The van der Waals surface area contributed by atoms with Crippen molar-refractivity contribution in [2.75, 3.05) is 24.8 Å². The smallest absolute Gasteiger partial charge is 0.322 e. The van der Waals surface area contributed by atoms with Crippen LogP contribution in [0.3, 0.4) is 0 Å². The Balaban J connectivity index is 2.28. The van der Waals surface area contributed by atoms with Crippen molar-refractivity contribution < 1.29 is 9.13 Å². The molecule has 6 nitrogen and oxygen atoms in total. The van der Waals surface area contributed by atoms with Gasteiger partial charge in [-0.1, -0.05) is 6.07 Å². The second-order valence-corrected chi connectivity index (χ2v) is 3.35. The summed E-state index contributed by atoms with van der Waals surface area (Å²) >= 11 is 0. The third-order valence-corrected chi connectivity index (χ3v) is 2.10. The molecular formula is C11H12FN5O. The van der Waals surface area contributed by atoms with Gasteiger partial charge in [-0.3, -0.25) is 0 Å². The maximum Gasteiger partial charge on any atom is 0.322 e. The molecule has 1 heterocycles. The first-order valence-electron chi connectivity index (χ1n) is 5.21. The summed E-state index contributed by atoms with van der Waals surface area (Å²) in [6.07, 6.45) is 0. The van der Waals surface area contributed by atoms with Crippen molar-refractivity contribution in [1.29, 1.82) is 0 Å². The molecule has 0 atom stereocenters. The van der Waals surface area contributed by atoms with Gasteiger partial charge in [0.15, 0.2) is 0 Å². The fraction of sp³-hybridized carbons (Fsp3) is 0.182. The summed E-state index contributed by atoms with van der Waals surface area (Å²) in [6.45, 7) is 0. The fourth-order valence-corrected chi connectivity index (χ4v) is 1.31. The minimum atomic E-state index is -0.338. The highest BCUT2D eigenvalue weighted by atomic mass is 19.1. The van der Waals surface area contributed by atoms with Gasteiger partial charge in [-0.05, 0) is 18.2 Å². The molecule has 0 bridgehead atoms. The quantitative estimate of drug-likeness (QED) is 0.861. The van der Waals surface area contributed by atoms with Gasteiger partial charge in [0, 0.05) is 12.7 Å². The molecule has 1 aromatic carbocycles. The molecule has 0 aliphatic rings. The molecular weight excluding hydrogens is 237 g/mol. The number of anilines is 3. The van der Waals surface area contributed by atoms with Gasteiger partial charge in [-0.2, -0.15) is 15.0 Å². The van der Waals surface area contributed by atoms with Crippen LogP contribution in [0.15, 0.2) is 24.3 Å². The van der Waals surface area contributed by atoms with Crippen LogP contribution in [0, 0.1) is 5.82 Å². The second kappa shape index (κ2) is 5.26. The first kappa shape index (κ1) is 12.0. The molecule has 2 rings (SSSR count). The van der Waals surface area contributed by atoms with E-state index in [0.717, 1.165) is 0 Å². The van der Waals surface area contributed by atoms with Crippen LogP contribution < -0.4 is 15.4 Å². The van der Waals surface area contributed by atoms with Gasteiger partial charge in [0.25, 0.3) is 0 Å². The number of hydrogen-bond donors (Lipinski definition) is 2. The summed E-state index contributed by atoms with van der Waals surface area (Å²) < 4.78 is 18.0. The van der Waals surface area contributed by atoms with E-state index >= 15 is 0 Å². The molecule has 0 aliphatic heterocycles. The van der Waals surface area contributed by atoms with Crippen molar-refractivity contribution >= 4 is 17.6 Å². The number of nitrogens with one attached hydrogen (secondary N) is 2. The van der Waals surface area contributed by atoms with Gasteiger partial charge >= 0.3 is 6.01 Å². The van der Waals surface area contributed by atoms with E-state index in [-0.39, 0.29) is 17.8 Å². The number of benzene rings is 1. The topological polar surface area (TPSA) is 72.0 Å². The molecule has 0 unspecified atom stereocenters. The zero-order valence-electron chi connectivity index (χ0n) is 9.94. The fourth-order valence-electron chi connectivity index (χ4n) is 1.31. The van der Waals surface area contributed by atoms with Crippen LogP contribution in [-0.2, 0) is 0 Å². The van der Waals surface area contributed by atoms with E-state index in [4.69, 9.17) is 4.74 Å². The highest BCUT2D eigenvalue weighted by Crippen LogP contribution is 2.16. The summed E-state index contributed by atoms with van der Waals surface area (Å²) in [5, 5.41) is 5.65. The van der Waals surface area contributed by atoms with Crippen molar-refractivity contribution in [3.05, 3.63) is 30.1 Å². The van der Waals surface area contributed by atoms with E-state index in [1.165, 1.54) is 19.2 Å². The predicted molar refractivity (Wildman–Crippen MR) is 65.6 cm³/mol. The van der Waals surface area contributed by atoms with Crippen molar-refractivity contribution in [1.82, 2.24) is 15.0 Å². The van der Waals surface area contributed by atoms with Crippen LogP contribution in [-0.4, -0.2) is 29.1 Å². The van der Waals surface area contributed by atoms with Gasteiger partial charge in [-0.15, -0.1) is 0 Å². The Morgan fingerprint density at radius 2 is 1.94 bits per heavy atom. The summed E-state index contributed by atoms with van der Waals surface area (Å²) in [4.78, 5) is 12.0. The minimum absolute atomic E-state index is 0.174. The van der Waals surface area contributed by atoms with Crippen LogP contribution in [0.1, 0.15) is 0 Å². The highest BCUT2D eigenvalue weighted by Gasteiger charge is 2.06. The van der Waals surface area contributed by atoms with E-state index in [2.05, 4.69) is 25.6 Å². The molecule has 94 valence electrons. The third kappa shape index (κ3) is 2.82. The summed E-state index contributed by atoms with van der Waals surface area (Å²) in [6, 6.07) is 6.18. The molecule has 7 heteroatoms. The molecule has 0 fully saturated rings. The SMILES string of the molecule is CNc1nc(Nc2cccc(F)c2)nc(OC)n1. The molecule has 2 N–H and O–H groups in total. The lowest BCUT2D eigenvalue weighted by molar-refractivity contribution is 0.379. The van der Waals surface area contributed by atoms with E-state index in [1.54, 1.807) is 19.2 Å². The van der Waals surface area contributed by atoms with Crippen molar-refractivity contribution in [3.8, 4) is 6.01 Å². The molecule has 1 aromatic heterocycles. The number of ether oxygens (including phenoxy) is 1. The second-order valence-electron chi connectivity index (χ2n) is 3.35. The lowest BCUT2D eigenvalue weighted by Crippen LogP contribution is -2.05. The van der Waals surface area contributed by atoms with Gasteiger partial charge < -0.3 is 15.4 Å². The average Bonchev–Trinajstić information content (AvgIpc) is 2.38. The summed E-state index contributed by atoms with van der Waals surface area (Å²) in [5.41, 5.74) is 0.547. The molecule has 2 aromatic rings. The highest BCUT2D eigenvalue weighted by molar-refractivity contribution is 5.54. The van der Waals surface area contributed by atoms with E-state index in [9.17, 15) is 4.39 Å². The number of halogens is 1. The number of hydrogen-bond acceptors (Lipinski definition) is 6. The van der Waals surface area contributed by atoms with Crippen molar-refractivity contribution in [3.63, 3.8) is 0 Å². The molecule has 0 spiro atoms. The number of rotatable bonds is 4. The summed E-state index contributed by atoms with van der Waals surface area (Å²) in [7, 11) is 3.14. The van der Waals surface area contributed by atoms with Crippen LogP contribution in [0.2, 0.25) is 0 Å². The maximum atomic E-state index is 13.0. The Bertz CT molecular complexity index is 526. The Morgan fingerprint density at radius 1 is 1.17 bits per heavy atom. The molecule has 0 radical (unpaired) electrons. The maximum absolute atomic E-state index is 13.0. The lowest BCUT2D eigenvalue weighted by Gasteiger charge is -2.07. The Kier molecular flexibility index (Phi) is 3.52. The van der Waals surface area contributed by atoms with Crippen molar-refractivity contribution in [2.24, 2.45) is 0 Å². The molecule has 0 aliphatic carbocycles. The van der Waals surface area contributed by atoms with Crippen LogP contribution in [0.5, 0.6) is 6.01 Å². The van der Waals surface area contributed by atoms with Gasteiger partial charge in [0.1, 0.15) is 5.82 Å². The largest absolute Gasteiger partial charge is 0.467 e. The minimum Gasteiger partial charge on any atom is -0.467 e. The van der Waals surface area contributed by atoms with Gasteiger partial charge in [-0.25, -0.2) is 4.39 Å². The zero-order valence-corrected chi connectivity index (χ0v) is 9.94. The van der Waals surface area contributed by atoms with Crippen LogP contribution >= 0.6 is 0 Å². The Hall–Kier alpha value is -2.44. The standard InChI is InChI=1S/C11H12FN5O/c1-13-9-15-10(17-11(16-9)18-2)14-8-5-3-4-7(12)6-8/h3-6H,1-2H3,(H2,13,14,15,16,17). The third-order valence-electron chi connectivity index (χ3n) is 2.10. The van der Waals surface area contributed by atoms with E-state index in [1.807, 2.05) is 0 Å². The molecule has 0 saturated carbocycles. The predicted octanol–water partition coefficient (Wildman–Crippen LogP) is 1.80. The first-order valence-corrected chi connectivity index (χ1v) is 5.21. The average molecular weight is 249 g/mol. The van der Waals surface area contributed by atoms with Gasteiger partial charge in [0.2, 0.25) is 11.9 Å². The van der Waals surface area contributed by atoms with E-state index in [0.29, 0.717) is 11.6 Å². The normalized spacial score (nSPS) is 9.94. The Morgan fingerprint density at radius 3 is 2.61 bits per heavy atom. The number of methoxy groups -OCH3 is 1. The van der Waals surface area contributed by atoms with Gasteiger partial charge in [0.05, 0.1) is 7.11 Å². The van der Waals surface area contributed by atoms with Crippen molar-refractivity contribution in [2.45, 2.75) is 0 Å². The molecule has 0 amide bonds. The number of aromatic nitrogens is 3. The number of nitrogens with zero attached hydrogens (tertiary/aromatic N) is 3. The first-order chi connectivity index (χ1) is 8.71.